The number of fused-ring (bicyclic) bond motifs is 1. The average Bonchev–Trinajstić information content (AvgIpc) is 3.33. The molecule has 0 fully saturated rings. The largest absolute Gasteiger partial charge is 0.494 e. The number of rotatable bonds is 8. The Kier molecular flexibility index (Phi) is 5.99. The number of benzene rings is 2. The molecule has 0 aliphatic heterocycles. The minimum atomic E-state index is -0.0989. The van der Waals surface area contributed by atoms with Crippen LogP contribution in [-0.2, 0) is 11.2 Å². The van der Waals surface area contributed by atoms with Crippen molar-refractivity contribution in [3.63, 3.8) is 0 Å². The van der Waals surface area contributed by atoms with E-state index in [1.165, 1.54) is 11.3 Å². The normalized spacial score (nSPS) is 10.9. The number of amides is 1. The molecule has 1 N–H and O–H groups in total. The fourth-order valence-corrected chi connectivity index (χ4v) is 4.07. The van der Waals surface area contributed by atoms with Gasteiger partial charge in [0.15, 0.2) is 4.96 Å². The number of aromatic nitrogens is 2. The molecule has 0 saturated carbocycles. The van der Waals surface area contributed by atoms with Crippen molar-refractivity contribution in [1.82, 2.24) is 9.38 Å². The van der Waals surface area contributed by atoms with Gasteiger partial charge in [0.25, 0.3) is 0 Å². The Morgan fingerprint density at radius 2 is 1.83 bits per heavy atom. The van der Waals surface area contributed by atoms with E-state index in [2.05, 4.69) is 5.32 Å². The lowest BCUT2D eigenvalue weighted by Gasteiger charge is -2.11. The monoisotopic (exact) mass is 421 g/mol. The molecular formula is C23H23N3O3S. The van der Waals surface area contributed by atoms with Crippen molar-refractivity contribution in [3.05, 3.63) is 65.8 Å². The summed E-state index contributed by atoms with van der Waals surface area (Å²) in [5, 5.41) is 4.92. The van der Waals surface area contributed by atoms with E-state index in [1.807, 2.05) is 78.4 Å². The third-order valence-corrected chi connectivity index (χ3v) is 5.44. The van der Waals surface area contributed by atoms with Crippen LogP contribution in [0.5, 0.6) is 11.5 Å². The van der Waals surface area contributed by atoms with Gasteiger partial charge in [0.05, 0.1) is 31.0 Å². The summed E-state index contributed by atoms with van der Waals surface area (Å²) in [4.78, 5) is 18.2. The molecule has 2 aromatic heterocycles. The smallest absolute Gasteiger partial charge is 0.230 e. The molecule has 0 spiro atoms. The summed E-state index contributed by atoms with van der Waals surface area (Å²) in [6.07, 6.45) is 2.22. The topological polar surface area (TPSA) is 64.9 Å². The first-order chi connectivity index (χ1) is 14.7. The molecule has 6 nitrogen and oxygen atoms in total. The van der Waals surface area contributed by atoms with E-state index < -0.39 is 0 Å². The molecule has 7 heteroatoms. The third kappa shape index (κ3) is 4.31. The molecule has 0 bridgehead atoms. The van der Waals surface area contributed by atoms with Crippen LogP contribution in [0.3, 0.4) is 0 Å². The maximum atomic E-state index is 12.6. The predicted octanol–water partition coefficient (Wildman–Crippen LogP) is 5.04. The lowest BCUT2D eigenvalue weighted by atomic mass is 10.1. The summed E-state index contributed by atoms with van der Waals surface area (Å²) < 4.78 is 13.1. The molecule has 2 heterocycles. The van der Waals surface area contributed by atoms with Gasteiger partial charge < -0.3 is 14.8 Å². The Morgan fingerprint density at radius 1 is 1.07 bits per heavy atom. The number of thiazole rings is 1. The highest BCUT2D eigenvalue weighted by Gasteiger charge is 2.14. The SMILES string of the molecule is CCOc1ccc(-c2cn3c(CC(=O)Nc4ccccc4OCC)csc3n2)cc1. The quantitative estimate of drug-likeness (QED) is 0.433. The van der Waals surface area contributed by atoms with Gasteiger partial charge in [-0.15, -0.1) is 11.3 Å². The molecule has 0 saturated heterocycles. The number of ether oxygens (including phenoxy) is 2. The van der Waals surface area contributed by atoms with Crippen molar-refractivity contribution in [1.29, 1.82) is 0 Å². The second-order valence-corrected chi connectivity index (χ2v) is 7.45. The number of carbonyl (C=O) groups is 1. The Bertz CT molecular complexity index is 1150. The van der Waals surface area contributed by atoms with Crippen molar-refractivity contribution < 1.29 is 14.3 Å². The van der Waals surface area contributed by atoms with Crippen LogP contribution >= 0.6 is 11.3 Å². The van der Waals surface area contributed by atoms with Crippen LogP contribution in [0.2, 0.25) is 0 Å². The van der Waals surface area contributed by atoms with Gasteiger partial charge in [0, 0.05) is 22.8 Å². The number of anilines is 1. The highest BCUT2D eigenvalue weighted by molar-refractivity contribution is 7.15. The van der Waals surface area contributed by atoms with Gasteiger partial charge >= 0.3 is 0 Å². The van der Waals surface area contributed by atoms with E-state index in [0.29, 0.717) is 24.7 Å². The summed E-state index contributed by atoms with van der Waals surface area (Å²) >= 11 is 1.52. The van der Waals surface area contributed by atoms with E-state index in [9.17, 15) is 4.79 Å². The zero-order valence-corrected chi connectivity index (χ0v) is 17.7. The molecule has 2 aromatic carbocycles. The maximum Gasteiger partial charge on any atom is 0.230 e. The Hall–Kier alpha value is -3.32. The van der Waals surface area contributed by atoms with Gasteiger partial charge in [-0.25, -0.2) is 4.98 Å². The second kappa shape index (κ2) is 9.00. The summed E-state index contributed by atoms with van der Waals surface area (Å²) in [7, 11) is 0. The van der Waals surface area contributed by atoms with Gasteiger partial charge in [-0.2, -0.15) is 0 Å². The minimum Gasteiger partial charge on any atom is -0.494 e. The van der Waals surface area contributed by atoms with Crippen LogP contribution in [0.15, 0.2) is 60.1 Å². The summed E-state index contributed by atoms with van der Waals surface area (Å²) in [5.74, 6) is 1.41. The highest BCUT2D eigenvalue weighted by Crippen LogP contribution is 2.27. The fraction of sp³-hybridized carbons (Fsp3) is 0.217. The summed E-state index contributed by atoms with van der Waals surface area (Å²) in [6.45, 7) is 5.06. The van der Waals surface area contributed by atoms with Gasteiger partial charge in [-0.3, -0.25) is 9.20 Å². The number of hydrogen-bond acceptors (Lipinski definition) is 5. The van der Waals surface area contributed by atoms with Crippen LogP contribution in [0.1, 0.15) is 19.5 Å². The van der Waals surface area contributed by atoms with Crippen molar-refractivity contribution in [2.45, 2.75) is 20.3 Å². The molecule has 0 atom stereocenters. The molecule has 0 radical (unpaired) electrons. The van der Waals surface area contributed by atoms with Crippen LogP contribution < -0.4 is 14.8 Å². The first kappa shape index (κ1) is 20.0. The zero-order valence-electron chi connectivity index (χ0n) is 16.9. The molecule has 4 rings (SSSR count). The van der Waals surface area contributed by atoms with Gasteiger partial charge in [-0.1, -0.05) is 12.1 Å². The standard InChI is InChI=1S/C23H23N3O3S/c1-3-28-18-11-9-16(10-12-18)20-14-26-17(15-30-23(26)25-20)13-22(27)24-19-7-5-6-8-21(19)29-4-2/h5-12,14-15H,3-4,13H2,1-2H3,(H,24,27). The second-order valence-electron chi connectivity index (χ2n) is 6.62. The van der Waals surface area contributed by atoms with Crippen LogP contribution in [0, 0.1) is 0 Å². The Labute approximate surface area is 179 Å². The minimum absolute atomic E-state index is 0.0989. The van der Waals surface area contributed by atoms with Crippen LogP contribution in [0.4, 0.5) is 5.69 Å². The van der Waals surface area contributed by atoms with E-state index in [-0.39, 0.29) is 12.3 Å². The van der Waals surface area contributed by atoms with Crippen molar-refractivity contribution in [2.75, 3.05) is 18.5 Å². The number of para-hydroxylation sites is 2. The van der Waals surface area contributed by atoms with Crippen molar-refractivity contribution in [2.24, 2.45) is 0 Å². The number of nitrogens with zero attached hydrogens (tertiary/aromatic N) is 2. The molecule has 0 aliphatic carbocycles. The van der Waals surface area contributed by atoms with Crippen LogP contribution in [-0.4, -0.2) is 28.5 Å². The number of nitrogens with one attached hydrogen (secondary N) is 1. The van der Waals surface area contributed by atoms with Crippen molar-refractivity contribution in [3.8, 4) is 22.8 Å². The first-order valence-electron chi connectivity index (χ1n) is 9.88. The van der Waals surface area contributed by atoms with Gasteiger partial charge in [0.2, 0.25) is 5.91 Å². The molecule has 1 amide bonds. The lowest BCUT2D eigenvalue weighted by molar-refractivity contribution is -0.115. The molecule has 4 aromatic rings. The maximum absolute atomic E-state index is 12.6. The average molecular weight is 422 g/mol. The van der Waals surface area contributed by atoms with Gasteiger partial charge in [-0.05, 0) is 50.2 Å². The summed E-state index contributed by atoms with van der Waals surface area (Å²) in [6, 6.07) is 15.3. The zero-order chi connectivity index (χ0) is 20.9. The Balaban J connectivity index is 1.50. The molecule has 154 valence electrons. The number of hydrogen-bond donors (Lipinski definition) is 1. The van der Waals surface area contributed by atoms with Crippen LogP contribution in [0.25, 0.3) is 16.2 Å². The molecule has 0 aliphatic rings. The lowest BCUT2D eigenvalue weighted by Crippen LogP contribution is -2.16. The Morgan fingerprint density at radius 3 is 2.60 bits per heavy atom. The van der Waals surface area contributed by atoms with E-state index in [1.54, 1.807) is 0 Å². The molecule has 0 unspecified atom stereocenters. The number of imidazole rings is 1. The van der Waals surface area contributed by atoms with E-state index >= 15 is 0 Å². The number of carbonyl (C=O) groups excluding carboxylic acids is 1. The third-order valence-electron chi connectivity index (χ3n) is 4.55. The van der Waals surface area contributed by atoms with Gasteiger partial charge in [0.1, 0.15) is 11.5 Å². The van der Waals surface area contributed by atoms with Crippen molar-refractivity contribution >= 4 is 27.9 Å². The van der Waals surface area contributed by atoms with E-state index in [4.69, 9.17) is 14.5 Å². The summed E-state index contributed by atoms with van der Waals surface area (Å²) in [5.41, 5.74) is 3.45. The van der Waals surface area contributed by atoms with E-state index in [0.717, 1.165) is 27.7 Å². The fourth-order valence-electron chi connectivity index (χ4n) is 3.19. The molecule has 30 heavy (non-hydrogen) atoms. The highest BCUT2D eigenvalue weighted by atomic mass is 32.1. The first-order valence-corrected chi connectivity index (χ1v) is 10.8. The molecular weight excluding hydrogens is 398 g/mol. The predicted molar refractivity (Wildman–Crippen MR) is 120 cm³/mol.